The van der Waals surface area contributed by atoms with E-state index in [2.05, 4.69) is 4.98 Å². The van der Waals surface area contributed by atoms with Crippen LogP contribution in [0.25, 0.3) is 0 Å². The number of nitrogens with two attached hydrogens (primary N) is 1. The number of likely N-dealkylation sites (N-methyl/N-ethyl adjacent to an activating group) is 2. The molecule has 0 aliphatic rings. The van der Waals surface area contributed by atoms with Crippen molar-refractivity contribution >= 4 is 17.4 Å². The number of hydrogen-bond donors (Lipinski definition) is 1. The molecule has 0 aliphatic carbocycles. The van der Waals surface area contributed by atoms with Gasteiger partial charge >= 0.3 is 0 Å². The highest BCUT2D eigenvalue weighted by Gasteiger charge is 2.09. The molecule has 0 spiro atoms. The zero-order chi connectivity index (χ0) is 11.4. The SMILES string of the molecule is CN(C)C(=O)CN(C)c1ccc(N)cn1. The summed E-state index contributed by atoms with van der Waals surface area (Å²) in [6.45, 7) is 0.309. The van der Waals surface area contributed by atoms with Crippen LogP contribution in [0.1, 0.15) is 0 Å². The lowest BCUT2D eigenvalue weighted by atomic mass is 10.4. The molecule has 0 saturated carbocycles. The maximum atomic E-state index is 11.4. The minimum Gasteiger partial charge on any atom is -0.397 e. The van der Waals surface area contributed by atoms with E-state index in [-0.39, 0.29) is 5.91 Å². The Morgan fingerprint density at radius 1 is 1.40 bits per heavy atom. The van der Waals surface area contributed by atoms with Gasteiger partial charge in [-0.25, -0.2) is 4.98 Å². The third-order valence-electron chi connectivity index (χ3n) is 2.03. The van der Waals surface area contributed by atoms with Gasteiger partial charge in [0.25, 0.3) is 0 Å². The number of carbonyl (C=O) groups is 1. The second-order valence-corrected chi connectivity index (χ2v) is 3.59. The lowest BCUT2D eigenvalue weighted by molar-refractivity contribution is -0.127. The number of amides is 1. The van der Waals surface area contributed by atoms with Gasteiger partial charge in [0.2, 0.25) is 5.91 Å². The number of rotatable bonds is 3. The summed E-state index contributed by atoms with van der Waals surface area (Å²) in [5.74, 6) is 0.774. The maximum Gasteiger partial charge on any atom is 0.241 e. The van der Waals surface area contributed by atoms with Gasteiger partial charge in [0, 0.05) is 21.1 Å². The van der Waals surface area contributed by atoms with Crippen LogP contribution in [0.3, 0.4) is 0 Å². The second-order valence-electron chi connectivity index (χ2n) is 3.59. The normalized spacial score (nSPS) is 9.80. The molecule has 82 valence electrons. The fourth-order valence-electron chi connectivity index (χ4n) is 1.05. The first-order valence-corrected chi connectivity index (χ1v) is 4.63. The Hall–Kier alpha value is -1.78. The van der Waals surface area contributed by atoms with Crippen molar-refractivity contribution in [3.8, 4) is 0 Å². The predicted octanol–water partition coefficient (Wildman–Crippen LogP) is 0.188. The van der Waals surface area contributed by atoms with E-state index in [9.17, 15) is 4.79 Å². The standard InChI is InChI=1S/C10H16N4O/c1-13(2)10(15)7-14(3)9-5-4-8(11)6-12-9/h4-6H,7,11H2,1-3H3. The lowest BCUT2D eigenvalue weighted by Gasteiger charge is -2.19. The molecule has 1 rings (SSSR count). The molecule has 0 aromatic carbocycles. The molecule has 5 heteroatoms. The molecule has 0 unspecified atom stereocenters. The van der Waals surface area contributed by atoms with Gasteiger partial charge in [-0.2, -0.15) is 0 Å². The van der Waals surface area contributed by atoms with E-state index in [0.717, 1.165) is 5.82 Å². The molecule has 0 aliphatic heterocycles. The first kappa shape index (κ1) is 11.3. The summed E-state index contributed by atoms with van der Waals surface area (Å²) in [4.78, 5) is 18.9. The second kappa shape index (κ2) is 4.63. The van der Waals surface area contributed by atoms with Crippen LogP contribution in [0.2, 0.25) is 0 Å². The van der Waals surface area contributed by atoms with E-state index >= 15 is 0 Å². The van der Waals surface area contributed by atoms with Crippen LogP contribution in [-0.2, 0) is 4.79 Å². The summed E-state index contributed by atoms with van der Waals surface area (Å²) < 4.78 is 0. The number of nitrogens with zero attached hydrogens (tertiary/aromatic N) is 3. The maximum absolute atomic E-state index is 11.4. The Morgan fingerprint density at radius 2 is 2.07 bits per heavy atom. The highest BCUT2D eigenvalue weighted by Crippen LogP contribution is 2.10. The van der Waals surface area contributed by atoms with Crippen molar-refractivity contribution in [2.24, 2.45) is 0 Å². The van der Waals surface area contributed by atoms with Crippen LogP contribution in [0.15, 0.2) is 18.3 Å². The monoisotopic (exact) mass is 208 g/mol. The van der Waals surface area contributed by atoms with Crippen molar-refractivity contribution in [1.29, 1.82) is 0 Å². The van der Waals surface area contributed by atoms with E-state index in [1.165, 1.54) is 0 Å². The average Bonchev–Trinajstić information content (AvgIpc) is 2.18. The molecule has 15 heavy (non-hydrogen) atoms. The minimum absolute atomic E-state index is 0.0381. The number of aromatic nitrogens is 1. The largest absolute Gasteiger partial charge is 0.397 e. The molecule has 0 atom stereocenters. The summed E-state index contributed by atoms with van der Waals surface area (Å²) in [6.07, 6.45) is 1.58. The van der Waals surface area contributed by atoms with E-state index in [4.69, 9.17) is 5.73 Å². The van der Waals surface area contributed by atoms with Crippen LogP contribution >= 0.6 is 0 Å². The molecule has 1 aromatic rings. The smallest absolute Gasteiger partial charge is 0.241 e. The Kier molecular flexibility index (Phi) is 3.49. The third kappa shape index (κ3) is 3.12. The minimum atomic E-state index is 0.0381. The van der Waals surface area contributed by atoms with E-state index in [1.54, 1.807) is 42.2 Å². The summed E-state index contributed by atoms with van der Waals surface area (Å²) in [7, 11) is 5.28. The zero-order valence-electron chi connectivity index (χ0n) is 9.27. The topological polar surface area (TPSA) is 62.5 Å². The Labute approximate surface area is 89.5 Å². The highest BCUT2D eigenvalue weighted by molar-refractivity contribution is 5.80. The highest BCUT2D eigenvalue weighted by atomic mass is 16.2. The number of hydrogen-bond acceptors (Lipinski definition) is 4. The van der Waals surface area contributed by atoms with Gasteiger partial charge in [-0.05, 0) is 12.1 Å². The molecule has 0 fully saturated rings. The molecular weight excluding hydrogens is 192 g/mol. The Morgan fingerprint density at radius 3 is 2.53 bits per heavy atom. The fraction of sp³-hybridized carbons (Fsp3) is 0.400. The quantitative estimate of drug-likeness (QED) is 0.770. The van der Waals surface area contributed by atoms with Crippen LogP contribution in [0.4, 0.5) is 11.5 Å². The van der Waals surface area contributed by atoms with Gasteiger partial charge in [0.1, 0.15) is 5.82 Å². The van der Waals surface area contributed by atoms with Crippen molar-refractivity contribution in [2.75, 3.05) is 38.3 Å². The van der Waals surface area contributed by atoms with E-state index in [0.29, 0.717) is 12.2 Å². The molecule has 0 radical (unpaired) electrons. The number of nitrogen functional groups attached to an aromatic ring is 1. The van der Waals surface area contributed by atoms with Gasteiger partial charge in [0.05, 0.1) is 18.4 Å². The van der Waals surface area contributed by atoms with Crippen molar-refractivity contribution in [1.82, 2.24) is 9.88 Å². The predicted molar refractivity (Wildman–Crippen MR) is 60.6 cm³/mol. The van der Waals surface area contributed by atoms with Crippen molar-refractivity contribution < 1.29 is 4.79 Å². The average molecular weight is 208 g/mol. The van der Waals surface area contributed by atoms with Gasteiger partial charge in [-0.15, -0.1) is 0 Å². The molecule has 0 bridgehead atoms. The van der Waals surface area contributed by atoms with Crippen LogP contribution < -0.4 is 10.6 Å². The van der Waals surface area contributed by atoms with Gasteiger partial charge in [-0.1, -0.05) is 0 Å². The zero-order valence-corrected chi connectivity index (χ0v) is 9.27. The van der Waals surface area contributed by atoms with Crippen LogP contribution in [0.5, 0.6) is 0 Å². The van der Waals surface area contributed by atoms with Gasteiger partial charge in [-0.3, -0.25) is 4.79 Å². The Bertz CT molecular complexity index is 334. The first-order chi connectivity index (χ1) is 7.00. The molecular formula is C10H16N4O. The van der Waals surface area contributed by atoms with Crippen molar-refractivity contribution in [3.05, 3.63) is 18.3 Å². The summed E-state index contributed by atoms with van der Waals surface area (Å²) in [5, 5.41) is 0. The van der Waals surface area contributed by atoms with Crippen molar-refractivity contribution in [3.63, 3.8) is 0 Å². The van der Waals surface area contributed by atoms with Crippen molar-refractivity contribution in [2.45, 2.75) is 0 Å². The van der Waals surface area contributed by atoms with E-state index in [1.807, 2.05) is 7.05 Å². The summed E-state index contributed by atoms with van der Waals surface area (Å²) in [6, 6.07) is 3.55. The number of pyridine rings is 1. The molecule has 1 aromatic heterocycles. The third-order valence-corrected chi connectivity index (χ3v) is 2.03. The Balaban J connectivity index is 2.65. The van der Waals surface area contributed by atoms with Crippen LogP contribution in [-0.4, -0.2) is 43.5 Å². The fourth-order valence-corrected chi connectivity index (χ4v) is 1.05. The molecule has 1 heterocycles. The molecule has 0 saturated heterocycles. The number of anilines is 2. The summed E-state index contributed by atoms with van der Waals surface area (Å²) in [5.41, 5.74) is 6.14. The van der Waals surface area contributed by atoms with Gasteiger partial charge < -0.3 is 15.5 Å². The number of carbonyl (C=O) groups excluding carboxylic acids is 1. The van der Waals surface area contributed by atoms with Gasteiger partial charge in [0.15, 0.2) is 0 Å². The molecule has 2 N–H and O–H groups in total. The summed E-state index contributed by atoms with van der Waals surface area (Å²) >= 11 is 0. The molecule has 5 nitrogen and oxygen atoms in total. The first-order valence-electron chi connectivity index (χ1n) is 4.63. The van der Waals surface area contributed by atoms with Crippen LogP contribution in [0, 0.1) is 0 Å². The van der Waals surface area contributed by atoms with E-state index < -0.39 is 0 Å². The molecule has 1 amide bonds. The lowest BCUT2D eigenvalue weighted by Crippen LogP contribution is -2.34.